The second kappa shape index (κ2) is 13.2. The molecule has 0 unspecified atom stereocenters. The van der Waals surface area contributed by atoms with E-state index in [0.29, 0.717) is 52.8 Å². The van der Waals surface area contributed by atoms with Crippen LogP contribution in [0.5, 0.6) is 0 Å². The fourth-order valence-electron chi connectivity index (χ4n) is 4.52. The SMILES string of the molecule is Cc1[nH]c(/C=C2\C(=O)Nc3ccc(F)cc32)c(C)c1C(=O)NCCCCCCN=C(NC#N)Nc1cccnc1. The van der Waals surface area contributed by atoms with Gasteiger partial charge in [-0.25, -0.2) is 4.39 Å². The van der Waals surface area contributed by atoms with Gasteiger partial charge < -0.3 is 20.9 Å². The molecule has 206 valence electrons. The van der Waals surface area contributed by atoms with Crippen LogP contribution in [0.15, 0.2) is 47.7 Å². The molecule has 4 rings (SSSR count). The number of aromatic nitrogens is 2. The first-order valence-electron chi connectivity index (χ1n) is 13.0. The van der Waals surface area contributed by atoms with Crippen molar-refractivity contribution in [3.8, 4) is 6.19 Å². The van der Waals surface area contributed by atoms with Crippen LogP contribution < -0.4 is 21.3 Å². The Balaban J connectivity index is 1.24. The van der Waals surface area contributed by atoms with E-state index in [2.05, 4.69) is 36.2 Å². The fraction of sp³-hybridized carbons (Fsp3) is 0.276. The number of H-pyrrole nitrogens is 1. The zero-order chi connectivity index (χ0) is 28.5. The second-order valence-electron chi connectivity index (χ2n) is 9.37. The molecule has 1 aromatic carbocycles. The topological polar surface area (TPSA) is 147 Å². The number of nitrogens with zero attached hydrogens (tertiary/aromatic N) is 3. The normalized spacial score (nSPS) is 13.5. The Morgan fingerprint density at radius 3 is 2.80 bits per heavy atom. The number of nitriles is 1. The number of rotatable bonds is 10. The van der Waals surface area contributed by atoms with Gasteiger partial charge in [-0.3, -0.25) is 24.9 Å². The number of fused-ring (bicyclic) bond motifs is 1. The van der Waals surface area contributed by atoms with Gasteiger partial charge in [0.2, 0.25) is 5.96 Å². The third-order valence-corrected chi connectivity index (χ3v) is 6.50. The molecule has 10 nitrogen and oxygen atoms in total. The van der Waals surface area contributed by atoms with Crippen LogP contribution in [-0.4, -0.2) is 40.8 Å². The minimum atomic E-state index is -0.424. The fourth-order valence-corrected chi connectivity index (χ4v) is 4.52. The molecule has 5 N–H and O–H groups in total. The largest absolute Gasteiger partial charge is 0.358 e. The number of amides is 2. The Morgan fingerprint density at radius 2 is 2.02 bits per heavy atom. The van der Waals surface area contributed by atoms with Crippen LogP contribution in [0.4, 0.5) is 15.8 Å². The van der Waals surface area contributed by atoms with E-state index in [0.717, 1.165) is 36.9 Å². The first kappa shape index (κ1) is 28.0. The lowest BCUT2D eigenvalue weighted by Crippen LogP contribution is -2.27. The number of nitrogens with one attached hydrogen (secondary N) is 5. The molecule has 0 saturated heterocycles. The second-order valence-corrected chi connectivity index (χ2v) is 9.37. The Hall–Kier alpha value is -4.98. The number of hydrogen-bond donors (Lipinski definition) is 5. The maximum absolute atomic E-state index is 13.8. The number of guanidine groups is 1. The molecule has 1 aliphatic heterocycles. The highest BCUT2D eigenvalue weighted by atomic mass is 19.1. The van der Waals surface area contributed by atoms with Gasteiger partial charge in [-0.15, -0.1) is 0 Å². The number of unbranched alkanes of at least 4 members (excludes halogenated alkanes) is 3. The van der Waals surface area contributed by atoms with Crippen LogP contribution in [0, 0.1) is 31.1 Å². The third-order valence-electron chi connectivity index (χ3n) is 6.50. The molecular formula is C29H31FN8O2. The highest BCUT2D eigenvalue weighted by Gasteiger charge is 2.26. The number of aromatic amines is 1. The summed E-state index contributed by atoms with van der Waals surface area (Å²) in [4.78, 5) is 37.0. The molecule has 0 saturated carbocycles. The predicted octanol–water partition coefficient (Wildman–Crippen LogP) is 4.49. The molecule has 2 amide bonds. The predicted molar refractivity (Wildman–Crippen MR) is 153 cm³/mol. The summed E-state index contributed by atoms with van der Waals surface area (Å²) in [5.74, 6) is -0.547. The lowest BCUT2D eigenvalue weighted by molar-refractivity contribution is -0.110. The van der Waals surface area contributed by atoms with Gasteiger partial charge in [0.1, 0.15) is 5.82 Å². The number of pyridine rings is 1. The molecule has 1 aliphatic rings. The first-order valence-corrected chi connectivity index (χ1v) is 13.0. The molecular weight excluding hydrogens is 511 g/mol. The average molecular weight is 543 g/mol. The molecule has 2 aromatic heterocycles. The molecule has 0 bridgehead atoms. The van der Waals surface area contributed by atoms with Gasteiger partial charge in [-0.05, 0) is 68.7 Å². The summed E-state index contributed by atoms with van der Waals surface area (Å²) in [6.45, 7) is 4.72. The summed E-state index contributed by atoms with van der Waals surface area (Å²) in [6.07, 6.45) is 10.3. The van der Waals surface area contributed by atoms with E-state index in [4.69, 9.17) is 5.26 Å². The number of aliphatic imine (C=N–C) groups is 1. The molecule has 3 aromatic rings. The van der Waals surface area contributed by atoms with E-state index in [1.54, 1.807) is 24.5 Å². The number of anilines is 2. The Labute approximate surface area is 231 Å². The van der Waals surface area contributed by atoms with Crippen LogP contribution >= 0.6 is 0 Å². The van der Waals surface area contributed by atoms with Crippen molar-refractivity contribution >= 4 is 40.8 Å². The van der Waals surface area contributed by atoms with Crippen LogP contribution in [-0.2, 0) is 4.79 Å². The standard InChI is InChI=1S/C29H31FN8O2/c1-18-25(15-23-22-14-20(30)9-10-24(22)38-27(23)39)36-19(2)26(18)28(40)33-12-5-3-4-6-13-34-29(35-17-31)37-21-8-7-11-32-16-21/h7-11,14-16,36H,3-6,12-13H2,1-2H3,(H,33,40)(H,38,39)(H2,34,35,37)/b23-15-. The maximum atomic E-state index is 13.8. The van der Waals surface area contributed by atoms with E-state index in [9.17, 15) is 14.0 Å². The summed E-state index contributed by atoms with van der Waals surface area (Å²) in [7, 11) is 0. The monoisotopic (exact) mass is 542 g/mol. The van der Waals surface area contributed by atoms with E-state index in [1.165, 1.54) is 18.2 Å². The van der Waals surface area contributed by atoms with Crippen LogP contribution in [0.2, 0.25) is 0 Å². The number of benzene rings is 1. The minimum absolute atomic E-state index is 0.184. The van der Waals surface area contributed by atoms with Gasteiger partial charge in [-0.2, -0.15) is 5.26 Å². The molecule has 11 heteroatoms. The lowest BCUT2D eigenvalue weighted by atomic mass is 10.0. The smallest absolute Gasteiger partial charge is 0.256 e. The van der Waals surface area contributed by atoms with Crippen molar-refractivity contribution in [2.24, 2.45) is 4.99 Å². The maximum Gasteiger partial charge on any atom is 0.256 e. The van der Waals surface area contributed by atoms with Crippen molar-refractivity contribution in [2.75, 3.05) is 23.7 Å². The van der Waals surface area contributed by atoms with Crippen molar-refractivity contribution in [3.63, 3.8) is 0 Å². The Morgan fingerprint density at radius 1 is 1.20 bits per heavy atom. The van der Waals surface area contributed by atoms with E-state index >= 15 is 0 Å². The highest BCUT2D eigenvalue weighted by Crippen LogP contribution is 2.34. The molecule has 0 atom stereocenters. The van der Waals surface area contributed by atoms with Gasteiger partial charge in [0.05, 0.1) is 23.0 Å². The molecule has 40 heavy (non-hydrogen) atoms. The summed E-state index contributed by atoms with van der Waals surface area (Å²) in [5.41, 5.74) is 4.73. The number of halogens is 1. The Bertz CT molecular complexity index is 1490. The molecule has 0 spiro atoms. The van der Waals surface area contributed by atoms with Gasteiger partial charge in [0.15, 0.2) is 6.19 Å². The molecule has 0 aliphatic carbocycles. The van der Waals surface area contributed by atoms with Crippen molar-refractivity contribution in [1.82, 2.24) is 20.6 Å². The summed E-state index contributed by atoms with van der Waals surface area (Å²) >= 11 is 0. The number of carbonyl (C=O) groups is 2. The quantitative estimate of drug-likeness (QED) is 0.0637. The van der Waals surface area contributed by atoms with Crippen LogP contribution in [0.25, 0.3) is 11.6 Å². The lowest BCUT2D eigenvalue weighted by Gasteiger charge is -2.08. The summed E-state index contributed by atoms with van der Waals surface area (Å²) in [5, 5.41) is 20.2. The van der Waals surface area contributed by atoms with Gasteiger partial charge >= 0.3 is 0 Å². The van der Waals surface area contributed by atoms with Crippen molar-refractivity contribution in [3.05, 3.63) is 76.6 Å². The average Bonchev–Trinajstić information content (AvgIpc) is 3.39. The summed E-state index contributed by atoms with van der Waals surface area (Å²) in [6, 6.07) is 7.78. The van der Waals surface area contributed by atoms with Crippen molar-refractivity contribution in [2.45, 2.75) is 39.5 Å². The van der Waals surface area contributed by atoms with E-state index < -0.39 is 5.82 Å². The molecule has 0 fully saturated rings. The Kier molecular flexibility index (Phi) is 9.25. The van der Waals surface area contributed by atoms with Crippen LogP contribution in [0.1, 0.15) is 58.6 Å². The minimum Gasteiger partial charge on any atom is -0.358 e. The van der Waals surface area contributed by atoms with E-state index in [1.807, 2.05) is 26.1 Å². The molecule has 0 radical (unpaired) electrons. The molecule has 3 heterocycles. The van der Waals surface area contributed by atoms with Gasteiger partial charge in [-0.1, -0.05) is 12.8 Å². The highest BCUT2D eigenvalue weighted by molar-refractivity contribution is 6.34. The number of aryl methyl sites for hydroxylation is 1. The van der Waals surface area contributed by atoms with Gasteiger partial charge in [0.25, 0.3) is 11.8 Å². The van der Waals surface area contributed by atoms with Crippen molar-refractivity contribution < 1.29 is 14.0 Å². The number of carbonyl (C=O) groups excluding carboxylic acids is 2. The van der Waals surface area contributed by atoms with Crippen LogP contribution in [0.3, 0.4) is 0 Å². The third kappa shape index (κ3) is 6.91. The van der Waals surface area contributed by atoms with E-state index in [-0.39, 0.29) is 11.8 Å². The summed E-state index contributed by atoms with van der Waals surface area (Å²) < 4.78 is 13.8. The van der Waals surface area contributed by atoms with Gasteiger partial charge in [0, 0.05) is 41.9 Å². The van der Waals surface area contributed by atoms with Crippen molar-refractivity contribution in [1.29, 1.82) is 5.26 Å². The zero-order valence-corrected chi connectivity index (χ0v) is 22.4. The zero-order valence-electron chi connectivity index (χ0n) is 22.4. The first-order chi connectivity index (χ1) is 19.4. The number of hydrogen-bond acceptors (Lipinski definition) is 5.